The van der Waals surface area contributed by atoms with Gasteiger partial charge in [0.2, 0.25) is 0 Å². The minimum absolute atomic E-state index is 0.280. The molecule has 0 radical (unpaired) electrons. The Labute approximate surface area is 123 Å². The Morgan fingerprint density at radius 1 is 1.28 bits per heavy atom. The summed E-state index contributed by atoms with van der Waals surface area (Å²) in [6.07, 6.45) is -1.19. The molecule has 6 nitrogen and oxygen atoms in total. The quantitative estimate of drug-likeness (QED) is 0.445. The molecule has 0 bridgehead atoms. The first-order chi connectivity index (χ1) is 8.34. The van der Waals surface area contributed by atoms with Crippen LogP contribution in [0.15, 0.2) is 24.3 Å². The minimum atomic E-state index is -4.44. The summed E-state index contributed by atoms with van der Waals surface area (Å²) in [6.45, 7) is -0.929. The maximum atomic E-state index is 11.2. The normalized spacial score (nSPS) is 15.4. The Balaban J connectivity index is 2.89. The second-order valence-corrected chi connectivity index (χ2v) is 6.54. The molecule has 2 unspecified atom stereocenters. The van der Waals surface area contributed by atoms with Crippen LogP contribution in [0.1, 0.15) is 11.0 Å². The summed E-state index contributed by atoms with van der Waals surface area (Å²) in [5, 5.41) is 17.7. The molecule has 0 spiro atoms. The number of ether oxygens (including phenoxy) is 1. The average molecular weight is 284 g/mol. The van der Waals surface area contributed by atoms with E-state index in [-0.39, 0.29) is 12.2 Å². The van der Waals surface area contributed by atoms with Gasteiger partial charge in [-0.2, -0.15) is 0 Å². The van der Waals surface area contributed by atoms with E-state index in [1.165, 1.54) is 0 Å². The molecule has 0 aliphatic rings. The summed E-state index contributed by atoms with van der Waals surface area (Å²) in [5.74, 6) is 0. The van der Waals surface area contributed by atoms with E-state index in [1.54, 1.807) is 24.3 Å². The summed E-state index contributed by atoms with van der Waals surface area (Å²) in [7, 11) is -4.44. The molecule has 0 aromatic heterocycles. The summed E-state index contributed by atoms with van der Waals surface area (Å²) in [6, 6.07) is 6.58. The first kappa shape index (κ1) is 16.1. The van der Waals surface area contributed by atoms with Crippen LogP contribution in [0.3, 0.4) is 0 Å². The number of aliphatic hydroxyl groups excluding tert-OH is 2. The molecule has 96 valence electrons. The van der Waals surface area contributed by atoms with Gasteiger partial charge in [0.25, 0.3) is 0 Å². The van der Waals surface area contributed by atoms with Gasteiger partial charge in [-0.05, 0) is 0 Å². The molecule has 2 atom stereocenters. The fraction of sp³-hybridized carbons (Fsp3) is 0.400. The van der Waals surface area contributed by atoms with E-state index in [0.717, 1.165) is 30.7 Å². The Kier molecular flexibility index (Phi) is 6.22. The van der Waals surface area contributed by atoms with Crippen molar-refractivity contribution in [3.63, 3.8) is 0 Å². The third kappa shape index (κ3) is 4.94. The molecule has 1 aromatic carbocycles. The van der Waals surface area contributed by atoms with Crippen molar-refractivity contribution < 1.29 is 27.9 Å². The van der Waals surface area contributed by atoms with E-state index in [0.29, 0.717) is 0 Å². The molecular formula is C10H13NaO6S. The predicted molar refractivity (Wildman–Crippen MR) is 65.2 cm³/mol. The molecule has 0 saturated carbocycles. The zero-order chi connectivity index (χ0) is 13.8. The third-order valence-corrected chi connectivity index (χ3v) is 3.89. The molecule has 0 aliphatic carbocycles. The van der Waals surface area contributed by atoms with Crippen molar-refractivity contribution >= 4 is 40.9 Å². The van der Waals surface area contributed by atoms with Crippen molar-refractivity contribution in [2.24, 2.45) is 0 Å². The van der Waals surface area contributed by atoms with Crippen LogP contribution in [0.25, 0.3) is 0 Å². The van der Waals surface area contributed by atoms with Crippen molar-refractivity contribution in [3.8, 4) is 0 Å². The molecule has 0 heterocycles. The summed E-state index contributed by atoms with van der Waals surface area (Å²) in [4.78, 5) is 0. The van der Waals surface area contributed by atoms with Crippen LogP contribution < -0.4 is 2.81 Å². The standard InChI is InChI=1S/C10H13O6S.Na/c11-6-9(12)7-16-10(17(13,14)15)8-4-2-1-3-5-8;/h2-5,9-12H,6-7H2,(H,13,14,15);. The zero-order valence-electron chi connectivity index (χ0n) is 9.85. The van der Waals surface area contributed by atoms with Gasteiger partial charge in [0.1, 0.15) is 0 Å². The molecule has 0 aliphatic heterocycles. The molecule has 0 fully saturated rings. The molecule has 3 N–H and O–H groups in total. The zero-order valence-corrected chi connectivity index (χ0v) is 12.7. The second kappa shape index (κ2) is 6.97. The van der Waals surface area contributed by atoms with Gasteiger partial charge >= 0.3 is 123 Å². The first-order valence-corrected chi connectivity index (χ1v) is 7.78. The van der Waals surface area contributed by atoms with Gasteiger partial charge < -0.3 is 0 Å². The number of hydrogen-bond acceptors (Lipinski definition) is 5. The predicted octanol–water partition coefficient (Wildman–Crippen LogP) is -1.26. The molecule has 0 amide bonds. The van der Waals surface area contributed by atoms with E-state index in [9.17, 15) is 8.42 Å². The SMILES string of the molecule is O=S(=O)(O)C(OCC(O)CO)c1cc[c]([Na])cc1. The average Bonchev–Trinajstić information content (AvgIpc) is 2.29. The van der Waals surface area contributed by atoms with E-state index < -0.39 is 28.3 Å². The Morgan fingerprint density at radius 2 is 1.83 bits per heavy atom. The van der Waals surface area contributed by atoms with Crippen LogP contribution in [0.2, 0.25) is 0 Å². The molecule has 1 rings (SSSR count). The number of rotatable bonds is 6. The van der Waals surface area contributed by atoms with E-state index in [1.807, 2.05) is 0 Å². The number of benzene rings is 1. The van der Waals surface area contributed by atoms with Crippen LogP contribution in [-0.4, -0.2) is 70.4 Å². The van der Waals surface area contributed by atoms with Gasteiger partial charge in [-0.3, -0.25) is 0 Å². The molecule has 18 heavy (non-hydrogen) atoms. The van der Waals surface area contributed by atoms with Crippen LogP contribution in [0, 0.1) is 0 Å². The van der Waals surface area contributed by atoms with Crippen molar-refractivity contribution in [1.82, 2.24) is 0 Å². The van der Waals surface area contributed by atoms with Gasteiger partial charge in [0.05, 0.1) is 0 Å². The van der Waals surface area contributed by atoms with E-state index >= 15 is 0 Å². The molecular weight excluding hydrogens is 271 g/mol. The van der Waals surface area contributed by atoms with Crippen molar-refractivity contribution in [2.75, 3.05) is 13.2 Å². The summed E-state index contributed by atoms with van der Waals surface area (Å²) in [5.41, 5.74) is -1.27. The van der Waals surface area contributed by atoms with E-state index in [2.05, 4.69) is 0 Å². The number of hydrogen-bond donors (Lipinski definition) is 3. The van der Waals surface area contributed by atoms with Gasteiger partial charge in [-0.1, -0.05) is 0 Å². The topological polar surface area (TPSA) is 104 Å². The second-order valence-electron chi connectivity index (χ2n) is 3.93. The van der Waals surface area contributed by atoms with Gasteiger partial charge in [0.15, 0.2) is 0 Å². The van der Waals surface area contributed by atoms with Gasteiger partial charge in [-0.25, -0.2) is 0 Å². The van der Waals surface area contributed by atoms with Gasteiger partial charge in [-0.15, -0.1) is 0 Å². The van der Waals surface area contributed by atoms with Crippen LogP contribution in [0.4, 0.5) is 0 Å². The Morgan fingerprint density at radius 3 is 2.28 bits per heavy atom. The van der Waals surface area contributed by atoms with Crippen LogP contribution >= 0.6 is 0 Å². The molecule has 8 heteroatoms. The Hall–Kier alpha value is 0.01000. The third-order valence-electron chi connectivity index (χ3n) is 2.27. The molecule has 1 aromatic rings. The monoisotopic (exact) mass is 284 g/mol. The number of aliphatic hydroxyl groups is 2. The Bertz CT molecular complexity index is 472. The van der Waals surface area contributed by atoms with Gasteiger partial charge in [0, 0.05) is 0 Å². The van der Waals surface area contributed by atoms with Crippen molar-refractivity contribution in [2.45, 2.75) is 11.5 Å². The summed E-state index contributed by atoms with van der Waals surface area (Å²) < 4.78 is 37.5. The summed E-state index contributed by atoms with van der Waals surface area (Å²) >= 11 is 0.831. The fourth-order valence-electron chi connectivity index (χ4n) is 1.33. The fourth-order valence-corrected chi connectivity index (χ4v) is 2.41. The van der Waals surface area contributed by atoms with Crippen LogP contribution in [0.5, 0.6) is 0 Å². The van der Waals surface area contributed by atoms with Crippen molar-refractivity contribution in [3.05, 3.63) is 29.8 Å². The van der Waals surface area contributed by atoms with Crippen LogP contribution in [-0.2, 0) is 14.9 Å². The van der Waals surface area contributed by atoms with Crippen molar-refractivity contribution in [1.29, 1.82) is 0 Å². The first-order valence-electron chi connectivity index (χ1n) is 5.28. The maximum absolute atomic E-state index is 11.2. The molecule has 0 saturated heterocycles. The van der Waals surface area contributed by atoms with E-state index in [4.69, 9.17) is 19.5 Å².